The summed E-state index contributed by atoms with van der Waals surface area (Å²) in [6.07, 6.45) is 43.6. The van der Waals surface area contributed by atoms with Gasteiger partial charge in [0.1, 0.15) is 55.4 Å². The number of allylic oxidation sites excluding steroid dienone is 22. The fourth-order valence-electron chi connectivity index (χ4n) is 7.28. The van der Waals surface area contributed by atoms with Crippen molar-refractivity contribution >= 4 is 11.9 Å². The summed E-state index contributed by atoms with van der Waals surface area (Å²) < 4.78 is 33.4. The Hall–Kier alpha value is -4.36. The molecule has 2 heterocycles. The van der Waals surface area contributed by atoms with Crippen LogP contribution in [0.2, 0.25) is 0 Å². The van der Waals surface area contributed by atoms with E-state index in [1.54, 1.807) is 0 Å². The normalized spacial score (nSPS) is 25.7. The summed E-state index contributed by atoms with van der Waals surface area (Å²) in [5.74, 6) is -1.13. The highest BCUT2D eigenvalue weighted by Crippen LogP contribution is 2.26. The van der Waals surface area contributed by atoms with E-state index < -0.39 is 99.3 Å². The van der Waals surface area contributed by atoms with Gasteiger partial charge < -0.3 is 64.2 Å². The van der Waals surface area contributed by atoms with Crippen molar-refractivity contribution < 1.29 is 73.8 Å². The van der Waals surface area contributed by atoms with Gasteiger partial charge in [0.2, 0.25) is 0 Å². The quantitative estimate of drug-likeness (QED) is 0.0175. The van der Waals surface area contributed by atoms with Crippen molar-refractivity contribution in [3.8, 4) is 0 Å². The van der Waals surface area contributed by atoms with E-state index in [4.69, 9.17) is 28.4 Å². The van der Waals surface area contributed by atoms with Gasteiger partial charge in [-0.15, -0.1) is 0 Å². The second kappa shape index (κ2) is 43.8. The lowest BCUT2D eigenvalue weighted by Gasteiger charge is -2.42. The molecule has 0 spiro atoms. The van der Waals surface area contributed by atoms with Crippen LogP contribution in [-0.2, 0) is 38.0 Å². The van der Waals surface area contributed by atoms with Crippen molar-refractivity contribution in [3.05, 3.63) is 134 Å². The van der Waals surface area contributed by atoms with E-state index in [1.165, 1.54) is 19.3 Å². The Morgan fingerprint density at radius 3 is 1.28 bits per heavy atom. The minimum absolute atomic E-state index is 0.0169. The van der Waals surface area contributed by atoms with Gasteiger partial charge in [-0.05, 0) is 89.9 Å². The first-order valence-electron chi connectivity index (χ1n) is 26.8. The number of esters is 2. The zero-order valence-corrected chi connectivity index (χ0v) is 44.0. The topological polar surface area (TPSA) is 231 Å². The van der Waals surface area contributed by atoms with Crippen molar-refractivity contribution in [1.29, 1.82) is 0 Å². The molecule has 2 rings (SSSR count). The van der Waals surface area contributed by atoms with E-state index in [1.807, 2.05) is 30.4 Å². The third-order valence-corrected chi connectivity index (χ3v) is 11.6. The molecule has 15 nitrogen and oxygen atoms in total. The summed E-state index contributed by atoms with van der Waals surface area (Å²) in [6.45, 7) is 2.26. The van der Waals surface area contributed by atoms with Gasteiger partial charge in [-0.3, -0.25) is 9.59 Å². The van der Waals surface area contributed by atoms with Crippen molar-refractivity contribution in [2.24, 2.45) is 0 Å². The number of aliphatic hydroxyl groups excluding tert-OH is 7. The van der Waals surface area contributed by atoms with Crippen LogP contribution in [0.5, 0.6) is 0 Å². The van der Waals surface area contributed by atoms with Crippen LogP contribution in [0, 0.1) is 0 Å². The Bertz CT molecular complexity index is 1790. The largest absolute Gasteiger partial charge is 0.462 e. The van der Waals surface area contributed by atoms with Crippen LogP contribution in [0.25, 0.3) is 0 Å². The van der Waals surface area contributed by atoms with Crippen LogP contribution in [0.15, 0.2) is 134 Å². The van der Waals surface area contributed by atoms with E-state index in [-0.39, 0.29) is 19.4 Å². The van der Waals surface area contributed by atoms with Crippen LogP contribution in [0.3, 0.4) is 0 Å². The smallest absolute Gasteiger partial charge is 0.306 e. The summed E-state index contributed by atoms with van der Waals surface area (Å²) in [6, 6.07) is 0. The van der Waals surface area contributed by atoms with Crippen LogP contribution in [0.4, 0.5) is 0 Å². The zero-order chi connectivity index (χ0) is 53.9. The molecule has 0 radical (unpaired) electrons. The standard InChI is InChI=1S/C59H90O15/c1-3-5-7-9-11-13-15-17-19-21-23-25-27-29-31-33-35-37-39-41-50(61)69-44-47(72-51(62)42-40-38-36-34-32-30-28-26-24-22-20-18-16-14-12-10-8-6-4-2)45-70-58-57(68)55(66)53(64)49(74-58)46-71-59-56(67)54(65)52(63)48(43-60)73-59/h5,7,11-14,17-20,23-26,29-32,35-38,47-49,52-60,63-68H,3-4,6,8-10,15-16,21-22,27-28,33-34,39-46H2,1-2H3/b7-5+,13-11+,14-12+,19-17+,20-18+,25-23+,26-24+,31-29+,32-30+,37-35+,38-36+/t47-,48+,49+,52-,53-,54?,55?,56?,57?,58+,59+/m0/s1. The van der Waals surface area contributed by atoms with E-state index in [9.17, 15) is 45.3 Å². The molecule has 15 heteroatoms. The first-order valence-corrected chi connectivity index (χ1v) is 26.8. The molecule has 416 valence electrons. The van der Waals surface area contributed by atoms with Crippen LogP contribution < -0.4 is 0 Å². The van der Waals surface area contributed by atoms with Gasteiger partial charge >= 0.3 is 11.9 Å². The van der Waals surface area contributed by atoms with Crippen LogP contribution >= 0.6 is 0 Å². The lowest BCUT2D eigenvalue weighted by Crippen LogP contribution is -2.61. The van der Waals surface area contributed by atoms with Gasteiger partial charge in [0.25, 0.3) is 0 Å². The highest BCUT2D eigenvalue weighted by molar-refractivity contribution is 5.70. The predicted molar refractivity (Wildman–Crippen MR) is 288 cm³/mol. The zero-order valence-electron chi connectivity index (χ0n) is 44.0. The Morgan fingerprint density at radius 1 is 0.446 bits per heavy atom. The molecule has 0 aromatic heterocycles. The molecule has 0 bridgehead atoms. The van der Waals surface area contributed by atoms with Gasteiger partial charge in [-0.1, -0.05) is 160 Å². The SMILES string of the molecule is CC/C=C/C/C=C/C/C=C/C/C=C/C/C=C/C/C=C/CCC(=O)OC[C@@H](CO[C@@H]1O[C@H](CO[C@@H]2O[C@H](CO)[C@H](O)C(O)C2O)[C@H](O)C(O)C1O)OC(=O)CC/C=C/C/C=C/C/C=C/C/C=C/C/C=C/CCCCC. The molecule has 7 N–H and O–H groups in total. The van der Waals surface area contributed by atoms with Gasteiger partial charge in [0.15, 0.2) is 18.7 Å². The van der Waals surface area contributed by atoms with Crippen molar-refractivity contribution in [2.75, 3.05) is 26.4 Å². The summed E-state index contributed by atoms with van der Waals surface area (Å²) in [4.78, 5) is 25.8. The van der Waals surface area contributed by atoms with Gasteiger partial charge in [-0.25, -0.2) is 0 Å². The highest BCUT2D eigenvalue weighted by atomic mass is 16.7. The highest BCUT2D eigenvalue weighted by Gasteiger charge is 2.47. The molecule has 2 aliphatic heterocycles. The van der Waals surface area contributed by atoms with E-state index in [0.29, 0.717) is 25.7 Å². The fourth-order valence-corrected chi connectivity index (χ4v) is 7.28. The van der Waals surface area contributed by atoms with Crippen molar-refractivity contribution in [1.82, 2.24) is 0 Å². The number of hydrogen-bond acceptors (Lipinski definition) is 15. The number of rotatable bonds is 39. The molecule has 0 aromatic carbocycles. The lowest BCUT2D eigenvalue weighted by atomic mass is 9.98. The number of carbonyl (C=O) groups is 2. The summed E-state index contributed by atoms with van der Waals surface area (Å²) >= 11 is 0. The Morgan fingerprint density at radius 2 is 0.838 bits per heavy atom. The average molecular weight is 1040 g/mol. The average Bonchev–Trinajstić information content (AvgIpc) is 3.39. The molecular formula is C59H90O15. The molecule has 0 aliphatic carbocycles. The summed E-state index contributed by atoms with van der Waals surface area (Å²) in [5.41, 5.74) is 0. The second-order valence-electron chi connectivity index (χ2n) is 18.0. The minimum atomic E-state index is -1.80. The number of carbonyl (C=O) groups excluding carboxylic acids is 2. The number of aliphatic hydroxyl groups is 7. The third kappa shape index (κ3) is 30.9. The van der Waals surface area contributed by atoms with Gasteiger partial charge in [-0.2, -0.15) is 0 Å². The van der Waals surface area contributed by atoms with E-state index in [2.05, 4.69) is 117 Å². The maximum Gasteiger partial charge on any atom is 0.306 e. The molecule has 0 aromatic rings. The molecule has 0 saturated carbocycles. The maximum absolute atomic E-state index is 13.0. The first kappa shape index (κ1) is 65.8. The number of unbranched alkanes of at least 4 members (excludes halogenated alkanes) is 3. The molecule has 4 unspecified atom stereocenters. The van der Waals surface area contributed by atoms with Gasteiger partial charge in [0, 0.05) is 12.8 Å². The Balaban J connectivity index is 1.87. The second-order valence-corrected chi connectivity index (χ2v) is 18.0. The molecule has 74 heavy (non-hydrogen) atoms. The monoisotopic (exact) mass is 1040 g/mol. The molecule has 0 amide bonds. The van der Waals surface area contributed by atoms with Crippen LogP contribution in [-0.4, -0.2) is 142 Å². The Labute approximate surface area is 441 Å². The first-order chi connectivity index (χ1) is 36.0. The third-order valence-electron chi connectivity index (χ3n) is 11.6. The van der Waals surface area contributed by atoms with E-state index in [0.717, 1.165) is 57.8 Å². The summed E-state index contributed by atoms with van der Waals surface area (Å²) in [7, 11) is 0. The maximum atomic E-state index is 13.0. The molecule has 2 saturated heterocycles. The molecule has 11 atom stereocenters. The fraction of sp³-hybridized carbons (Fsp3) is 0.593. The molecule has 2 fully saturated rings. The number of ether oxygens (including phenoxy) is 6. The predicted octanol–water partition coefficient (Wildman–Crippen LogP) is 8.26. The number of hydrogen-bond donors (Lipinski definition) is 7. The summed E-state index contributed by atoms with van der Waals surface area (Å²) in [5, 5.41) is 72.2. The van der Waals surface area contributed by atoms with Crippen molar-refractivity contribution in [2.45, 2.75) is 197 Å². The van der Waals surface area contributed by atoms with E-state index >= 15 is 0 Å². The lowest BCUT2D eigenvalue weighted by molar-refractivity contribution is -0.332. The van der Waals surface area contributed by atoms with Gasteiger partial charge in [0.05, 0.1) is 19.8 Å². The molecule has 2 aliphatic rings. The van der Waals surface area contributed by atoms with Crippen molar-refractivity contribution in [3.63, 3.8) is 0 Å². The minimum Gasteiger partial charge on any atom is -0.462 e. The molecular weight excluding hydrogens is 949 g/mol. The Kier molecular flexibility index (Phi) is 39.0. The van der Waals surface area contributed by atoms with Crippen LogP contribution in [0.1, 0.15) is 129 Å².